The average molecular weight is 416 g/mol. The van der Waals surface area contributed by atoms with Gasteiger partial charge in [0, 0.05) is 31.9 Å². The Morgan fingerprint density at radius 1 is 0.966 bits per heavy atom. The monoisotopic (exact) mass is 415 g/mol. The largest absolute Gasteiger partial charge is 0.325 e. The maximum absolute atomic E-state index is 12.9. The van der Waals surface area contributed by atoms with Crippen LogP contribution in [-0.2, 0) is 21.2 Å². The fourth-order valence-corrected chi connectivity index (χ4v) is 4.86. The highest BCUT2D eigenvalue weighted by atomic mass is 32.2. The third-order valence-electron chi connectivity index (χ3n) is 5.13. The molecule has 0 saturated carbocycles. The molecule has 1 aliphatic heterocycles. The lowest BCUT2D eigenvalue weighted by molar-refractivity contribution is -0.117. The fraction of sp³-hybridized carbons (Fsp3) is 0.409. The first kappa shape index (κ1) is 21.5. The Hall–Kier alpha value is -2.22. The number of benzene rings is 2. The second-order valence-electron chi connectivity index (χ2n) is 7.49. The molecule has 1 saturated heterocycles. The van der Waals surface area contributed by atoms with Gasteiger partial charge in [0.1, 0.15) is 0 Å². The summed E-state index contributed by atoms with van der Waals surface area (Å²) < 4.78 is 27.3. The van der Waals surface area contributed by atoms with Crippen molar-refractivity contribution in [1.29, 1.82) is 0 Å². The normalized spacial score (nSPS) is 15.9. The third-order valence-corrected chi connectivity index (χ3v) is 7.05. The summed E-state index contributed by atoms with van der Waals surface area (Å²) in [4.78, 5) is 14.6. The van der Waals surface area contributed by atoms with Gasteiger partial charge in [0.2, 0.25) is 15.9 Å². The molecule has 1 heterocycles. The molecule has 1 fully saturated rings. The minimum Gasteiger partial charge on any atom is -0.325 e. The lowest BCUT2D eigenvalue weighted by Crippen LogP contribution is -2.50. The zero-order valence-corrected chi connectivity index (χ0v) is 17.9. The summed E-state index contributed by atoms with van der Waals surface area (Å²) in [5.74, 6) is -0.0864. The SMILES string of the molecule is CCCc1ccc(S(=O)(=O)N2CCN(CC(=O)Nc3ccc(C)cc3)CC2)cc1. The van der Waals surface area contributed by atoms with E-state index in [1.54, 1.807) is 12.1 Å². The first-order chi connectivity index (χ1) is 13.9. The van der Waals surface area contributed by atoms with Crippen LogP contribution in [0.5, 0.6) is 0 Å². The number of hydrogen-bond donors (Lipinski definition) is 1. The number of anilines is 1. The Kier molecular flexibility index (Phi) is 7.05. The topological polar surface area (TPSA) is 69.7 Å². The number of nitrogens with one attached hydrogen (secondary N) is 1. The molecule has 0 atom stereocenters. The van der Waals surface area contributed by atoms with Crippen LogP contribution in [0.25, 0.3) is 0 Å². The number of aryl methyl sites for hydroxylation is 2. The van der Waals surface area contributed by atoms with Crippen molar-refractivity contribution in [3.05, 3.63) is 59.7 Å². The Balaban J connectivity index is 1.52. The molecule has 0 aromatic heterocycles. The maximum atomic E-state index is 12.9. The van der Waals surface area contributed by atoms with Gasteiger partial charge in [0.05, 0.1) is 11.4 Å². The molecule has 3 rings (SSSR count). The molecule has 0 spiro atoms. The molecule has 7 heteroatoms. The summed E-state index contributed by atoms with van der Waals surface area (Å²) in [5.41, 5.74) is 3.06. The van der Waals surface area contributed by atoms with Crippen LogP contribution in [-0.4, -0.2) is 56.3 Å². The molecule has 6 nitrogen and oxygen atoms in total. The van der Waals surface area contributed by atoms with Gasteiger partial charge >= 0.3 is 0 Å². The number of sulfonamides is 1. The number of nitrogens with zero attached hydrogens (tertiary/aromatic N) is 2. The van der Waals surface area contributed by atoms with E-state index < -0.39 is 10.0 Å². The molecule has 1 aliphatic rings. The van der Waals surface area contributed by atoms with Gasteiger partial charge in [-0.25, -0.2) is 8.42 Å². The minimum absolute atomic E-state index is 0.0864. The predicted molar refractivity (Wildman–Crippen MR) is 115 cm³/mol. The van der Waals surface area contributed by atoms with E-state index in [2.05, 4.69) is 12.2 Å². The van der Waals surface area contributed by atoms with E-state index >= 15 is 0 Å². The number of amides is 1. The number of piperazine rings is 1. The summed E-state index contributed by atoms with van der Waals surface area (Å²) in [5, 5.41) is 2.89. The van der Waals surface area contributed by atoms with Gasteiger partial charge in [-0.3, -0.25) is 9.69 Å². The zero-order valence-electron chi connectivity index (χ0n) is 17.1. The second kappa shape index (κ2) is 9.52. The van der Waals surface area contributed by atoms with Gasteiger partial charge in [0.25, 0.3) is 0 Å². The molecule has 1 N–H and O–H groups in total. The highest BCUT2D eigenvalue weighted by Gasteiger charge is 2.29. The van der Waals surface area contributed by atoms with Gasteiger partial charge in [-0.2, -0.15) is 4.31 Å². The summed E-state index contributed by atoms with van der Waals surface area (Å²) in [6.07, 6.45) is 1.98. The molecule has 0 bridgehead atoms. The van der Waals surface area contributed by atoms with Crippen LogP contribution < -0.4 is 5.32 Å². The quantitative estimate of drug-likeness (QED) is 0.755. The molecular formula is C22H29N3O3S. The van der Waals surface area contributed by atoms with E-state index in [0.29, 0.717) is 31.1 Å². The molecule has 2 aromatic rings. The van der Waals surface area contributed by atoms with Crippen LogP contribution in [0.3, 0.4) is 0 Å². The summed E-state index contributed by atoms with van der Waals surface area (Å²) >= 11 is 0. The number of rotatable bonds is 7. The maximum Gasteiger partial charge on any atom is 0.243 e. The lowest BCUT2D eigenvalue weighted by Gasteiger charge is -2.33. The smallest absolute Gasteiger partial charge is 0.243 e. The number of hydrogen-bond acceptors (Lipinski definition) is 4. The molecule has 2 aromatic carbocycles. The van der Waals surface area contributed by atoms with Gasteiger partial charge in [0.15, 0.2) is 0 Å². The summed E-state index contributed by atoms with van der Waals surface area (Å²) in [6.45, 7) is 6.20. The molecule has 1 amide bonds. The Morgan fingerprint density at radius 2 is 1.59 bits per heavy atom. The van der Waals surface area contributed by atoms with Crippen molar-refractivity contribution in [3.63, 3.8) is 0 Å². The van der Waals surface area contributed by atoms with Gasteiger partial charge in [-0.1, -0.05) is 43.2 Å². The summed E-state index contributed by atoms with van der Waals surface area (Å²) in [7, 11) is -3.49. The van der Waals surface area contributed by atoms with E-state index in [-0.39, 0.29) is 12.5 Å². The standard InChI is InChI=1S/C22H29N3O3S/c1-3-4-19-7-11-21(12-8-19)29(27,28)25-15-13-24(14-16-25)17-22(26)23-20-9-5-18(2)6-10-20/h5-12H,3-4,13-17H2,1-2H3,(H,23,26). The molecule has 0 radical (unpaired) electrons. The van der Waals surface area contributed by atoms with Gasteiger partial charge in [-0.05, 0) is 43.2 Å². The van der Waals surface area contributed by atoms with Crippen molar-refractivity contribution in [2.75, 3.05) is 38.0 Å². The van der Waals surface area contributed by atoms with Crippen molar-refractivity contribution < 1.29 is 13.2 Å². The Bertz CT molecular complexity index is 917. The van der Waals surface area contributed by atoms with E-state index in [0.717, 1.165) is 29.7 Å². The molecule has 29 heavy (non-hydrogen) atoms. The molecule has 156 valence electrons. The first-order valence-electron chi connectivity index (χ1n) is 10.1. The Labute approximate surface area is 173 Å². The van der Waals surface area contributed by atoms with Crippen LogP contribution in [0.2, 0.25) is 0 Å². The van der Waals surface area contributed by atoms with Crippen LogP contribution in [0, 0.1) is 6.92 Å². The van der Waals surface area contributed by atoms with Crippen LogP contribution in [0.15, 0.2) is 53.4 Å². The van der Waals surface area contributed by atoms with E-state index in [4.69, 9.17) is 0 Å². The third kappa shape index (κ3) is 5.65. The van der Waals surface area contributed by atoms with E-state index in [1.807, 2.05) is 48.2 Å². The van der Waals surface area contributed by atoms with Crippen molar-refractivity contribution in [2.45, 2.75) is 31.6 Å². The van der Waals surface area contributed by atoms with Crippen LogP contribution in [0.1, 0.15) is 24.5 Å². The molecular weight excluding hydrogens is 386 g/mol. The fourth-order valence-electron chi connectivity index (χ4n) is 3.43. The highest BCUT2D eigenvalue weighted by molar-refractivity contribution is 7.89. The first-order valence-corrected chi connectivity index (χ1v) is 11.5. The van der Waals surface area contributed by atoms with Crippen LogP contribution >= 0.6 is 0 Å². The van der Waals surface area contributed by atoms with Crippen molar-refractivity contribution >= 4 is 21.6 Å². The van der Waals surface area contributed by atoms with Gasteiger partial charge in [-0.15, -0.1) is 0 Å². The zero-order chi connectivity index (χ0) is 20.9. The lowest BCUT2D eigenvalue weighted by atomic mass is 10.1. The molecule has 0 unspecified atom stereocenters. The average Bonchev–Trinajstić information content (AvgIpc) is 2.71. The van der Waals surface area contributed by atoms with E-state index in [9.17, 15) is 13.2 Å². The van der Waals surface area contributed by atoms with Crippen molar-refractivity contribution in [2.24, 2.45) is 0 Å². The molecule has 0 aliphatic carbocycles. The summed E-state index contributed by atoms with van der Waals surface area (Å²) in [6, 6.07) is 14.8. The number of carbonyl (C=O) groups excluding carboxylic acids is 1. The van der Waals surface area contributed by atoms with E-state index in [1.165, 1.54) is 4.31 Å². The predicted octanol–water partition coefficient (Wildman–Crippen LogP) is 2.89. The van der Waals surface area contributed by atoms with Crippen LogP contribution in [0.4, 0.5) is 5.69 Å². The Morgan fingerprint density at radius 3 is 2.17 bits per heavy atom. The van der Waals surface area contributed by atoms with Crippen molar-refractivity contribution in [1.82, 2.24) is 9.21 Å². The van der Waals surface area contributed by atoms with Gasteiger partial charge < -0.3 is 5.32 Å². The minimum atomic E-state index is -3.49. The highest BCUT2D eigenvalue weighted by Crippen LogP contribution is 2.19. The number of carbonyl (C=O) groups is 1. The second-order valence-corrected chi connectivity index (χ2v) is 9.43. The van der Waals surface area contributed by atoms with Crippen molar-refractivity contribution in [3.8, 4) is 0 Å².